The highest BCUT2D eigenvalue weighted by atomic mass is 15.1. The molecule has 4 rings (SSSR count). The molecule has 5 heteroatoms. The van der Waals surface area contributed by atoms with E-state index in [0.29, 0.717) is 17.3 Å². The largest absolute Gasteiger partial charge is 0.382 e. The summed E-state index contributed by atoms with van der Waals surface area (Å²) in [5, 5.41) is 3.26. The number of allylic oxidation sites excluding steroid dienone is 1. The summed E-state index contributed by atoms with van der Waals surface area (Å²) in [5.41, 5.74) is 15.4. The molecule has 0 unspecified atom stereocenters. The highest BCUT2D eigenvalue weighted by Gasteiger charge is 2.15. The molecule has 2 aromatic heterocycles. The molecule has 0 aliphatic rings. The first-order valence-electron chi connectivity index (χ1n) is 9.96. The molecule has 0 amide bonds. The second-order valence-electron chi connectivity index (χ2n) is 7.51. The van der Waals surface area contributed by atoms with E-state index in [2.05, 4.69) is 54.3 Å². The zero-order chi connectivity index (χ0) is 21.3. The quantitative estimate of drug-likeness (QED) is 0.445. The molecular weight excluding hydrogens is 370 g/mol. The third kappa shape index (κ3) is 3.74. The van der Waals surface area contributed by atoms with Crippen LogP contribution >= 0.6 is 0 Å². The molecule has 0 aliphatic carbocycles. The van der Waals surface area contributed by atoms with Crippen molar-refractivity contribution in [3.05, 3.63) is 77.0 Å². The normalized spacial score (nSPS) is 11.3. The van der Waals surface area contributed by atoms with Crippen molar-refractivity contribution in [2.24, 2.45) is 0 Å². The third-order valence-electron chi connectivity index (χ3n) is 5.10. The minimum Gasteiger partial charge on any atom is -0.382 e. The number of hydrogen-bond donors (Lipinski definition) is 2. The minimum absolute atomic E-state index is 0.359. The van der Waals surface area contributed by atoms with Gasteiger partial charge in [-0.05, 0) is 68.1 Å². The number of benzene rings is 2. The number of nitrogens with zero attached hydrogens (tertiary/aromatic N) is 3. The molecular formula is C25H25N5. The molecule has 30 heavy (non-hydrogen) atoms. The minimum atomic E-state index is 0.359. The monoisotopic (exact) mass is 395 g/mol. The fourth-order valence-corrected chi connectivity index (χ4v) is 3.79. The molecule has 150 valence electrons. The second kappa shape index (κ2) is 7.95. The molecule has 2 heterocycles. The van der Waals surface area contributed by atoms with E-state index in [1.54, 1.807) is 6.20 Å². The van der Waals surface area contributed by atoms with Gasteiger partial charge in [0.05, 0.1) is 0 Å². The number of nitrogens with one attached hydrogen (secondary N) is 1. The summed E-state index contributed by atoms with van der Waals surface area (Å²) in [6.07, 6.45) is 5.92. The fourth-order valence-electron chi connectivity index (χ4n) is 3.79. The van der Waals surface area contributed by atoms with E-state index in [1.807, 2.05) is 43.3 Å². The van der Waals surface area contributed by atoms with Gasteiger partial charge in [0.2, 0.25) is 5.95 Å². The summed E-state index contributed by atoms with van der Waals surface area (Å²) in [5.74, 6) is 0.816. The second-order valence-corrected chi connectivity index (χ2v) is 7.51. The molecule has 0 saturated heterocycles. The molecule has 0 saturated carbocycles. The molecule has 0 bridgehead atoms. The van der Waals surface area contributed by atoms with E-state index in [4.69, 9.17) is 10.7 Å². The Morgan fingerprint density at radius 3 is 2.27 bits per heavy atom. The van der Waals surface area contributed by atoms with Crippen LogP contribution in [0.3, 0.4) is 0 Å². The van der Waals surface area contributed by atoms with Crippen LogP contribution in [-0.4, -0.2) is 15.0 Å². The van der Waals surface area contributed by atoms with E-state index < -0.39 is 0 Å². The maximum Gasteiger partial charge on any atom is 0.229 e. The first kappa shape index (κ1) is 19.6. The van der Waals surface area contributed by atoms with Crippen molar-refractivity contribution in [2.75, 3.05) is 11.1 Å². The predicted octanol–water partition coefficient (Wildman–Crippen LogP) is 5.98. The van der Waals surface area contributed by atoms with Gasteiger partial charge in [-0.2, -0.15) is 4.98 Å². The summed E-state index contributed by atoms with van der Waals surface area (Å²) in [6, 6.07) is 14.4. The van der Waals surface area contributed by atoms with Crippen LogP contribution in [0, 0.1) is 20.8 Å². The molecule has 3 N–H and O–H groups in total. The van der Waals surface area contributed by atoms with Gasteiger partial charge in [-0.15, -0.1) is 0 Å². The number of rotatable bonds is 4. The first-order chi connectivity index (χ1) is 14.5. The topological polar surface area (TPSA) is 76.7 Å². The Kier molecular flexibility index (Phi) is 5.19. The van der Waals surface area contributed by atoms with Crippen LogP contribution in [0.1, 0.15) is 29.2 Å². The van der Waals surface area contributed by atoms with Crippen molar-refractivity contribution >= 4 is 34.6 Å². The van der Waals surface area contributed by atoms with Gasteiger partial charge in [-0.25, -0.2) is 4.98 Å². The Balaban J connectivity index is 1.87. The average molecular weight is 396 g/mol. The van der Waals surface area contributed by atoms with Gasteiger partial charge in [-0.1, -0.05) is 42.0 Å². The lowest BCUT2D eigenvalue weighted by Crippen LogP contribution is -2.04. The standard InChI is InChI=1S/C25H25N5/c1-5-6-18-13-16(3)21(17(4)14-18)20-11-12-27-23-22(20)29-25(30-24(23)26)28-19-9-7-15(2)8-10-19/h5-14H,1-4H3,(H3,26,28,29,30)/b6-5+. The molecule has 5 nitrogen and oxygen atoms in total. The van der Waals surface area contributed by atoms with Gasteiger partial charge in [0.1, 0.15) is 11.0 Å². The highest BCUT2D eigenvalue weighted by molar-refractivity contribution is 5.98. The van der Waals surface area contributed by atoms with Crippen molar-refractivity contribution in [2.45, 2.75) is 27.7 Å². The van der Waals surface area contributed by atoms with Gasteiger partial charge in [0.25, 0.3) is 0 Å². The zero-order valence-electron chi connectivity index (χ0n) is 17.7. The molecule has 0 atom stereocenters. The van der Waals surface area contributed by atoms with Crippen molar-refractivity contribution < 1.29 is 0 Å². The van der Waals surface area contributed by atoms with E-state index >= 15 is 0 Å². The van der Waals surface area contributed by atoms with Crippen molar-refractivity contribution in [3.8, 4) is 11.1 Å². The van der Waals surface area contributed by atoms with Gasteiger partial charge in [-0.3, -0.25) is 4.98 Å². The van der Waals surface area contributed by atoms with Crippen molar-refractivity contribution in [1.82, 2.24) is 15.0 Å². The van der Waals surface area contributed by atoms with Crippen LogP contribution in [-0.2, 0) is 0 Å². The van der Waals surface area contributed by atoms with E-state index in [9.17, 15) is 0 Å². The molecule has 4 aromatic rings. The number of pyridine rings is 1. The lowest BCUT2D eigenvalue weighted by Gasteiger charge is -2.15. The number of anilines is 3. The number of nitrogen functional groups attached to an aromatic ring is 1. The Bertz CT molecular complexity index is 1230. The maximum absolute atomic E-state index is 6.26. The molecule has 0 fully saturated rings. The Hall–Kier alpha value is -3.73. The highest BCUT2D eigenvalue weighted by Crippen LogP contribution is 2.34. The average Bonchev–Trinajstić information content (AvgIpc) is 2.70. The number of aromatic nitrogens is 3. The Morgan fingerprint density at radius 1 is 0.900 bits per heavy atom. The molecule has 0 radical (unpaired) electrons. The summed E-state index contributed by atoms with van der Waals surface area (Å²) >= 11 is 0. The lowest BCUT2D eigenvalue weighted by atomic mass is 9.93. The van der Waals surface area contributed by atoms with Crippen LogP contribution in [0.4, 0.5) is 17.5 Å². The van der Waals surface area contributed by atoms with E-state index in [0.717, 1.165) is 22.3 Å². The zero-order valence-corrected chi connectivity index (χ0v) is 17.7. The van der Waals surface area contributed by atoms with Crippen LogP contribution in [0.2, 0.25) is 0 Å². The maximum atomic E-state index is 6.26. The van der Waals surface area contributed by atoms with Gasteiger partial charge in [0.15, 0.2) is 5.82 Å². The number of nitrogens with two attached hydrogens (primary N) is 1. The smallest absolute Gasteiger partial charge is 0.229 e. The van der Waals surface area contributed by atoms with Crippen molar-refractivity contribution in [3.63, 3.8) is 0 Å². The first-order valence-corrected chi connectivity index (χ1v) is 9.96. The summed E-state index contributed by atoms with van der Waals surface area (Å²) < 4.78 is 0. The van der Waals surface area contributed by atoms with Crippen LogP contribution < -0.4 is 11.1 Å². The number of hydrogen-bond acceptors (Lipinski definition) is 5. The molecule has 2 aromatic carbocycles. The lowest BCUT2D eigenvalue weighted by molar-refractivity contribution is 1.20. The van der Waals surface area contributed by atoms with Crippen molar-refractivity contribution in [1.29, 1.82) is 0 Å². The predicted molar refractivity (Wildman–Crippen MR) is 126 cm³/mol. The van der Waals surface area contributed by atoms with Crippen LogP contribution in [0.25, 0.3) is 28.2 Å². The number of aryl methyl sites for hydroxylation is 3. The fraction of sp³-hybridized carbons (Fsp3) is 0.160. The molecule has 0 spiro atoms. The van der Waals surface area contributed by atoms with E-state index in [1.165, 1.54) is 22.3 Å². The van der Waals surface area contributed by atoms with Crippen LogP contribution in [0.15, 0.2) is 54.7 Å². The van der Waals surface area contributed by atoms with Gasteiger partial charge in [0, 0.05) is 17.4 Å². The van der Waals surface area contributed by atoms with Gasteiger partial charge < -0.3 is 11.1 Å². The van der Waals surface area contributed by atoms with Gasteiger partial charge >= 0.3 is 0 Å². The summed E-state index contributed by atoms with van der Waals surface area (Å²) in [7, 11) is 0. The number of fused-ring (bicyclic) bond motifs is 1. The summed E-state index contributed by atoms with van der Waals surface area (Å²) in [6.45, 7) is 8.32. The third-order valence-corrected chi connectivity index (χ3v) is 5.10. The Morgan fingerprint density at radius 2 is 1.60 bits per heavy atom. The summed E-state index contributed by atoms with van der Waals surface area (Å²) in [4.78, 5) is 13.7. The SMILES string of the molecule is C/C=C/c1cc(C)c(-c2ccnc3c(N)nc(Nc4ccc(C)cc4)nc23)c(C)c1. The molecule has 0 aliphatic heterocycles. The van der Waals surface area contributed by atoms with E-state index in [-0.39, 0.29) is 0 Å². The Labute approximate surface area is 176 Å². The van der Waals surface area contributed by atoms with Crippen LogP contribution in [0.5, 0.6) is 0 Å².